The van der Waals surface area contributed by atoms with Gasteiger partial charge in [-0.1, -0.05) is 24.3 Å². The number of benzene rings is 4. The normalized spacial score (nSPS) is 10.6. The van der Waals surface area contributed by atoms with Crippen LogP contribution in [0, 0.1) is 27.7 Å². The van der Waals surface area contributed by atoms with E-state index in [0.717, 1.165) is 23.0 Å². The Hall–Kier alpha value is -3.72. The average Bonchev–Trinajstić information content (AvgIpc) is 2.74. The van der Waals surface area contributed by atoms with Crippen molar-refractivity contribution in [3.63, 3.8) is 0 Å². The molecular formula is C28H26O3. The molecule has 4 aromatic rings. The molecule has 3 heteroatoms. The molecule has 0 amide bonds. The van der Waals surface area contributed by atoms with Crippen LogP contribution in [0.5, 0.6) is 34.5 Å². The third-order valence-electron chi connectivity index (χ3n) is 5.27. The minimum Gasteiger partial charge on any atom is -0.457 e. The summed E-state index contributed by atoms with van der Waals surface area (Å²) in [6.45, 7) is 8.33. The second-order valence-electron chi connectivity index (χ2n) is 7.75. The maximum atomic E-state index is 6.06. The van der Waals surface area contributed by atoms with E-state index in [1.807, 2.05) is 72.8 Å². The van der Waals surface area contributed by atoms with Gasteiger partial charge in [-0.3, -0.25) is 0 Å². The van der Waals surface area contributed by atoms with Crippen LogP contribution in [0.2, 0.25) is 0 Å². The van der Waals surface area contributed by atoms with Gasteiger partial charge in [-0.2, -0.15) is 0 Å². The Morgan fingerprint density at radius 2 is 0.677 bits per heavy atom. The highest BCUT2D eigenvalue weighted by Gasteiger charge is 2.05. The summed E-state index contributed by atoms with van der Waals surface area (Å²) in [6, 6.07) is 27.4. The molecule has 4 aromatic carbocycles. The average molecular weight is 411 g/mol. The fourth-order valence-electron chi connectivity index (χ4n) is 3.17. The Morgan fingerprint density at radius 3 is 1.00 bits per heavy atom. The summed E-state index contributed by atoms with van der Waals surface area (Å²) < 4.78 is 18.1. The third-order valence-corrected chi connectivity index (χ3v) is 5.27. The molecule has 0 saturated heterocycles. The Bertz CT molecular complexity index is 1120. The predicted molar refractivity (Wildman–Crippen MR) is 125 cm³/mol. The van der Waals surface area contributed by atoms with Crippen LogP contribution in [0.4, 0.5) is 0 Å². The van der Waals surface area contributed by atoms with Crippen molar-refractivity contribution in [2.45, 2.75) is 27.7 Å². The van der Waals surface area contributed by atoms with Crippen molar-refractivity contribution < 1.29 is 14.2 Å². The van der Waals surface area contributed by atoms with Crippen LogP contribution in [-0.4, -0.2) is 0 Å². The summed E-state index contributed by atoms with van der Waals surface area (Å²) in [5, 5.41) is 0. The monoisotopic (exact) mass is 410 g/mol. The van der Waals surface area contributed by atoms with Crippen molar-refractivity contribution in [2.75, 3.05) is 0 Å². The van der Waals surface area contributed by atoms with Gasteiger partial charge >= 0.3 is 0 Å². The lowest BCUT2D eigenvalue weighted by Crippen LogP contribution is -1.90. The van der Waals surface area contributed by atoms with Crippen molar-refractivity contribution >= 4 is 0 Å². The molecule has 0 unspecified atom stereocenters. The first-order valence-corrected chi connectivity index (χ1v) is 10.3. The van der Waals surface area contributed by atoms with E-state index in [4.69, 9.17) is 14.2 Å². The van der Waals surface area contributed by atoms with E-state index in [2.05, 4.69) is 39.8 Å². The lowest BCUT2D eigenvalue weighted by atomic mass is 10.1. The molecular weight excluding hydrogens is 384 g/mol. The number of ether oxygens (including phenoxy) is 3. The SMILES string of the molecule is Cc1ccc(Oc2cccc(Oc3cccc(Oc4ccc(C)c(C)c4)c3)c2)cc1C. The maximum absolute atomic E-state index is 6.06. The number of aryl methyl sites for hydroxylation is 4. The van der Waals surface area contributed by atoms with Gasteiger partial charge in [0.15, 0.2) is 0 Å². The van der Waals surface area contributed by atoms with Crippen LogP contribution in [0.1, 0.15) is 22.3 Å². The highest BCUT2D eigenvalue weighted by atomic mass is 16.5. The van der Waals surface area contributed by atoms with Crippen molar-refractivity contribution in [2.24, 2.45) is 0 Å². The number of hydrogen-bond donors (Lipinski definition) is 0. The van der Waals surface area contributed by atoms with Gasteiger partial charge in [0, 0.05) is 12.1 Å². The molecule has 0 bridgehead atoms. The van der Waals surface area contributed by atoms with E-state index in [9.17, 15) is 0 Å². The van der Waals surface area contributed by atoms with Crippen LogP contribution >= 0.6 is 0 Å². The molecule has 31 heavy (non-hydrogen) atoms. The summed E-state index contributed by atoms with van der Waals surface area (Å²) >= 11 is 0. The minimum atomic E-state index is 0.699. The smallest absolute Gasteiger partial charge is 0.131 e. The Balaban J connectivity index is 1.47. The molecule has 0 saturated carbocycles. The van der Waals surface area contributed by atoms with Crippen molar-refractivity contribution in [3.05, 3.63) is 107 Å². The van der Waals surface area contributed by atoms with Gasteiger partial charge < -0.3 is 14.2 Å². The van der Waals surface area contributed by atoms with Gasteiger partial charge in [-0.25, -0.2) is 0 Å². The molecule has 4 rings (SSSR count). The molecule has 0 aliphatic heterocycles. The fraction of sp³-hybridized carbons (Fsp3) is 0.143. The van der Waals surface area contributed by atoms with Crippen LogP contribution < -0.4 is 14.2 Å². The van der Waals surface area contributed by atoms with Crippen LogP contribution in [-0.2, 0) is 0 Å². The van der Waals surface area contributed by atoms with Gasteiger partial charge in [0.1, 0.15) is 34.5 Å². The molecule has 0 atom stereocenters. The lowest BCUT2D eigenvalue weighted by molar-refractivity contribution is 0.451. The number of rotatable bonds is 6. The van der Waals surface area contributed by atoms with Gasteiger partial charge in [-0.15, -0.1) is 0 Å². The van der Waals surface area contributed by atoms with Crippen molar-refractivity contribution in [1.82, 2.24) is 0 Å². The number of hydrogen-bond acceptors (Lipinski definition) is 3. The summed E-state index contributed by atoms with van der Waals surface area (Å²) in [4.78, 5) is 0. The molecule has 0 heterocycles. The zero-order chi connectivity index (χ0) is 21.8. The van der Waals surface area contributed by atoms with Crippen LogP contribution in [0.3, 0.4) is 0 Å². The lowest BCUT2D eigenvalue weighted by Gasteiger charge is -2.12. The van der Waals surface area contributed by atoms with Crippen molar-refractivity contribution in [3.8, 4) is 34.5 Å². The molecule has 156 valence electrons. The Morgan fingerprint density at radius 1 is 0.355 bits per heavy atom. The Labute approximate surface area is 183 Å². The van der Waals surface area contributed by atoms with E-state index >= 15 is 0 Å². The molecule has 0 N–H and O–H groups in total. The van der Waals surface area contributed by atoms with Crippen molar-refractivity contribution in [1.29, 1.82) is 0 Å². The molecule has 0 aromatic heterocycles. The first-order valence-electron chi connectivity index (χ1n) is 10.3. The molecule has 0 spiro atoms. The second kappa shape index (κ2) is 8.97. The molecule has 0 fully saturated rings. The minimum absolute atomic E-state index is 0.699. The molecule has 3 nitrogen and oxygen atoms in total. The van der Waals surface area contributed by atoms with E-state index in [0.29, 0.717) is 11.5 Å². The van der Waals surface area contributed by atoms with E-state index in [1.54, 1.807) is 0 Å². The van der Waals surface area contributed by atoms with E-state index < -0.39 is 0 Å². The summed E-state index contributed by atoms with van der Waals surface area (Å²) in [5.41, 5.74) is 4.88. The summed E-state index contributed by atoms with van der Waals surface area (Å²) in [5.74, 6) is 4.47. The molecule has 0 aliphatic carbocycles. The fourth-order valence-corrected chi connectivity index (χ4v) is 3.17. The molecule has 0 aliphatic rings. The predicted octanol–water partition coefficient (Wildman–Crippen LogP) is 8.30. The second-order valence-corrected chi connectivity index (χ2v) is 7.75. The van der Waals surface area contributed by atoms with Gasteiger partial charge in [0.2, 0.25) is 0 Å². The summed E-state index contributed by atoms with van der Waals surface area (Å²) in [7, 11) is 0. The van der Waals surface area contributed by atoms with Gasteiger partial charge in [-0.05, 0) is 98.5 Å². The van der Waals surface area contributed by atoms with Crippen LogP contribution in [0.25, 0.3) is 0 Å². The zero-order valence-corrected chi connectivity index (χ0v) is 18.3. The topological polar surface area (TPSA) is 27.7 Å². The summed E-state index contributed by atoms with van der Waals surface area (Å²) in [6.07, 6.45) is 0. The Kier molecular flexibility index (Phi) is 5.94. The van der Waals surface area contributed by atoms with Gasteiger partial charge in [0.25, 0.3) is 0 Å². The molecule has 0 radical (unpaired) electrons. The first kappa shape index (κ1) is 20.5. The standard InChI is InChI=1S/C28H26O3/c1-19-11-13-27(15-21(19)3)30-25-9-5-7-23(17-25)29-24-8-6-10-26(18-24)31-28-14-12-20(2)22(4)16-28/h5-18H,1-4H3. The van der Waals surface area contributed by atoms with Gasteiger partial charge in [0.05, 0.1) is 0 Å². The zero-order valence-electron chi connectivity index (χ0n) is 18.3. The quantitative estimate of drug-likeness (QED) is 0.320. The maximum Gasteiger partial charge on any atom is 0.131 e. The first-order chi connectivity index (χ1) is 15.0. The van der Waals surface area contributed by atoms with E-state index in [1.165, 1.54) is 22.3 Å². The third kappa shape index (κ3) is 5.26. The largest absolute Gasteiger partial charge is 0.457 e. The van der Waals surface area contributed by atoms with E-state index in [-0.39, 0.29) is 0 Å². The highest BCUT2D eigenvalue weighted by Crippen LogP contribution is 2.32. The highest BCUT2D eigenvalue weighted by molar-refractivity contribution is 5.43. The van der Waals surface area contributed by atoms with Crippen LogP contribution in [0.15, 0.2) is 84.9 Å².